The summed E-state index contributed by atoms with van der Waals surface area (Å²) in [7, 11) is 1.84. The standard InChI is InChI=1S/C28H32N6O3/c1-15-12-33(13-16(2)37-15)28(36)19-7-8-21-22-9-20(25-17(3)30-31-32(25)4)10-23(27(29)35)26(22)34(24(21)11-19)14-18-5-6-18/h7-11,15-16,18H,5-6,12-14H2,1-4H3,(H2,29,35)/t15-,16+. The molecular formula is C28H32N6O3. The van der Waals surface area contributed by atoms with Gasteiger partial charge >= 0.3 is 0 Å². The van der Waals surface area contributed by atoms with Crippen molar-refractivity contribution < 1.29 is 14.3 Å². The SMILES string of the molecule is Cc1nnn(C)c1-c1cc(C(N)=O)c2c(c1)c1ccc(C(=O)N3C[C@@H](C)O[C@@H](C)C3)cc1n2CC1CC1. The zero-order chi connectivity index (χ0) is 26.0. The van der Waals surface area contributed by atoms with Gasteiger partial charge in [-0.2, -0.15) is 0 Å². The normalized spacial score (nSPS) is 20.2. The molecule has 192 valence electrons. The second-order valence-corrected chi connectivity index (χ2v) is 10.7. The van der Waals surface area contributed by atoms with E-state index in [-0.39, 0.29) is 18.1 Å². The number of nitrogens with two attached hydrogens (primary N) is 1. The van der Waals surface area contributed by atoms with Gasteiger partial charge < -0.3 is 19.9 Å². The first kappa shape index (κ1) is 23.7. The largest absolute Gasteiger partial charge is 0.372 e. The highest BCUT2D eigenvalue weighted by molar-refractivity contribution is 6.17. The quantitative estimate of drug-likeness (QED) is 0.450. The lowest BCUT2D eigenvalue weighted by Crippen LogP contribution is -2.48. The number of rotatable bonds is 5. The van der Waals surface area contributed by atoms with Crippen molar-refractivity contribution in [1.82, 2.24) is 24.5 Å². The van der Waals surface area contributed by atoms with Crippen LogP contribution in [0.1, 0.15) is 53.1 Å². The zero-order valence-corrected chi connectivity index (χ0v) is 21.7. The number of amides is 2. The molecule has 6 rings (SSSR count). The first-order chi connectivity index (χ1) is 17.7. The van der Waals surface area contributed by atoms with E-state index in [4.69, 9.17) is 10.5 Å². The molecule has 1 saturated carbocycles. The van der Waals surface area contributed by atoms with Crippen molar-refractivity contribution in [2.45, 2.75) is 52.4 Å². The third-order valence-corrected chi connectivity index (χ3v) is 7.58. The Kier molecular flexibility index (Phi) is 5.56. The summed E-state index contributed by atoms with van der Waals surface area (Å²) in [5, 5.41) is 10.3. The predicted octanol–water partition coefficient (Wildman–Crippen LogP) is 3.66. The number of ether oxygens (including phenoxy) is 1. The number of aryl methyl sites for hydroxylation is 2. The van der Waals surface area contributed by atoms with Crippen LogP contribution in [0.15, 0.2) is 30.3 Å². The van der Waals surface area contributed by atoms with Gasteiger partial charge in [0.25, 0.3) is 11.8 Å². The lowest BCUT2D eigenvalue weighted by molar-refractivity contribution is -0.0586. The second-order valence-electron chi connectivity index (χ2n) is 10.7. The molecule has 1 aliphatic carbocycles. The number of hydrogen-bond acceptors (Lipinski definition) is 5. The molecule has 4 aromatic rings. The molecule has 37 heavy (non-hydrogen) atoms. The van der Waals surface area contributed by atoms with E-state index < -0.39 is 5.91 Å². The van der Waals surface area contributed by atoms with Gasteiger partial charge in [0.05, 0.1) is 34.7 Å². The first-order valence-electron chi connectivity index (χ1n) is 12.9. The maximum absolute atomic E-state index is 13.5. The van der Waals surface area contributed by atoms with Crippen LogP contribution < -0.4 is 5.73 Å². The van der Waals surface area contributed by atoms with Crippen LogP contribution in [-0.2, 0) is 18.3 Å². The summed E-state index contributed by atoms with van der Waals surface area (Å²) in [6, 6.07) is 9.81. The van der Waals surface area contributed by atoms with Crippen molar-refractivity contribution >= 4 is 33.6 Å². The number of carbonyl (C=O) groups is 2. The van der Waals surface area contributed by atoms with E-state index in [1.807, 2.05) is 57.0 Å². The van der Waals surface area contributed by atoms with Crippen molar-refractivity contribution in [3.8, 4) is 11.3 Å². The smallest absolute Gasteiger partial charge is 0.254 e. The topological polar surface area (TPSA) is 108 Å². The average Bonchev–Trinajstić information content (AvgIpc) is 3.55. The molecule has 2 N–H and O–H groups in total. The van der Waals surface area contributed by atoms with Gasteiger partial charge in [-0.15, -0.1) is 5.10 Å². The molecule has 9 nitrogen and oxygen atoms in total. The summed E-state index contributed by atoms with van der Waals surface area (Å²) in [6.45, 7) is 7.82. The molecule has 1 saturated heterocycles. The van der Waals surface area contributed by atoms with Crippen LogP contribution in [-0.4, -0.2) is 61.6 Å². The summed E-state index contributed by atoms with van der Waals surface area (Å²) in [5.41, 5.74) is 11.3. The van der Waals surface area contributed by atoms with Crippen LogP contribution in [0.5, 0.6) is 0 Å². The highest BCUT2D eigenvalue weighted by Crippen LogP contribution is 2.39. The molecule has 2 aromatic carbocycles. The minimum Gasteiger partial charge on any atom is -0.372 e. The summed E-state index contributed by atoms with van der Waals surface area (Å²) >= 11 is 0. The summed E-state index contributed by atoms with van der Waals surface area (Å²) in [5.74, 6) is 0.0784. The van der Waals surface area contributed by atoms with Gasteiger partial charge in [0.15, 0.2) is 0 Å². The van der Waals surface area contributed by atoms with Crippen molar-refractivity contribution in [2.24, 2.45) is 18.7 Å². The molecule has 9 heteroatoms. The van der Waals surface area contributed by atoms with Crippen LogP contribution in [0.4, 0.5) is 0 Å². The molecule has 1 aliphatic heterocycles. The zero-order valence-electron chi connectivity index (χ0n) is 21.7. The molecule has 0 radical (unpaired) electrons. The van der Waals surface area contributed by atoms with Gasteiger partial charge in [-0.05, 0) is 63.8 Å². The molecule has 0 unspecified atom stereocenters. The Morgan fingerprint density at radius 3 is 2.43 bits per heavy atom. The highest BCUT2D eigenvalue weighted by Gasteiger charge is 2.29. The van der Waals surface area contributed by atoms with Gasteiger partial charge in [-0.1, -0.05) is 11.3 Å². The van der Waals surface area contributed by atoms with E-state index in [2.05, 4.69) is 20.9 Å². The fraction of sp³-hybridized carbons (Fsp3) is 0.429. The van der Waals surface area contributed by atoms with Gasteiger partial charge in [-0.25, -0.2) is 4.68 Å². The number of primary amides is 1. The van der Waals surface area contributed by atoms with E-state index in [0.717, 1.165) is 58.1 Å². The number of nitrogens with zero attached hydrogens (tertiary/aromatic N) is 5. The molecule has 2 amide bonds. The van der Waals surface area contributed by atoms with Crippen molar-refractivity contribution in [3.63, 3.8) is 0 Å². The van der Waals surface area contributed by atoms with Gasteiger partial charge in [-0.3, -0.25) is 9.59 Å². The fourth-order valence-corrected chi connectivity index (χ4v) is 5.82. The van der Waals surface area contributed by atoms with Gasteiger partial charge in [0.1, 0.15) is 0 Å². The fourth-order valence-electron chi connectivity index (χ4n) is 5.82. The van der Waals surface area contributed by atoms with Crippen LogP contribution >= 0.6 is 0 Å². The van der Waals surface area contributed by atoms with E-state index in [1.165, 1.54) is 0 Å². The number of morpholine rings is 1. The van der Waals surface area contributed by atoms with E-state index in [0.29, 0.717) is 30.1 Å². The second kappa shape index (κ2) is 8.69. The lowest BCUT2D eigenvalue weighted by Gasteiger charge is -2.35. The Hall–Kier alpha value is -3.72. The van der Waals surface area contributed by atoms with Crippen molar-refractivity contribution in [3.05, 3.63) is 47.2 Å². The molecule has 2 fully saturated rings. The van der Waals surface area contributed by atoms with Crippen LogP contribution in [0.3, 0.4) is 0 Å². The Balaban J connectivity index is 1.56. The average molecular weight is 501 g/mol. The monoisotopic (exact) mass is 500 g/mol. The maximum atomic E-state index is 13.5. The third kappa shape index (κ3) is 4.07. The van der Waals surface area contributed by atoms with Gasteiger partial charge in [0, 0.05) is 54.1 Å². The van der Waals surface area contributed by atoms with E-state index >= 15 is 0 Å². The highest BCUT2D eigenvalue weighted by atomic mass is 16.5. The lowest BCUT2D eigenvalue weighted by atomic mass is 10.0. The molecule has 2 aromatic heterocycles. The number of benzene rings is 2. The van der Waals surface area contributed by atoms with E-state index in [1.54, 1.807) is 4.68 Å². The molecule has 2 aliphatic rings. The number of carbonyl (C=O) groups excluding carboxylic acids is 2. The number of aromatic nitrogens is 4. The minimum absolute atomic E-state index is 0.000439. The van der Waals surface area contributed by atoms with Crippen molar-refractivity contribution in [2.75, 3.05) is 13.1 Å². The van der Waals surface area contributed by atoms with E-state index in [9.17, 15) is 9.59 Å². The van der Waals surface area contributed by atoms with Crippen molar-refractivity contribution in [1.29, 1.82) is 0 Å². The number of fused-ring (bicyclic) bond motifs is 3. The summed E-state index contributed by atoms with van der Waals surface area (Å²) in [4.78, 5) is 28.2. The maximum Gasteiger partial charge on any atom is 0.254 e. The minimum atomic E-state index is -0.480. The third-order valence-electron chi connectivity index (χ3n) is 7.58. The summed E-state index contributed by atoms with van der Waals surface area (Å²) < 4.78 is 9.73. The predicted molar refractivity (Wildman–Crippen MR) is 141 cm³/mol. The van der Waals surface area contributed by atoms with Crippen LogP contribution in [0.2, 0.25) is 0 Å². The molecular weight excluding hydrogens is 468 g/mol. The molecule has 2 atom stereocenters. The Morgan fingerprint density at radius 1 is 1.08 bits per heavy atom. The molecule has 0 bridgehead atoms. The molecule has 0 spiro atoms. The first-order valence-corrected chi connectivity index (χ1v) is 12.9. The Bertz CT molecular complexity index is 1530. The molecule has 3 heterocycles. The van der Waals surface area contributed by atoms with Crippen LogP contribution in [0.25, 0.3) is 33.1 Å². The Morgan fingerprint density at radius 2 is 1.81 bits per heavy atom. The Labute approximate surface area is 215 Å². The van der Waals surface area contributed by atoms with Gasteiger partial charge in [0.2, 0.25) is 0 Å². The summed E-state index contributed by atoms with van der Waals surface area (Å²) in [6.07, 6.45) is 2.32. The van der Waals surface area contributed by atoms with Crippen LogP contribution in [0, 0.1) is 12.8 Å². The number of hydrogen-bond donors (Lipinski definition) is 1.